The van der Waals surface area contributed by atoms with Gasteiger partial charge in [-0.2, -0.15) is 0 Å². The van der Waals surface area contributed by atoms with Crippen LogP contribution in [0.4, 0.5) is 5.69 Å². The summed E-state index contributed by atoms with van der Waals surface area (Å²) in [6.45, 7) is 1.76. The normalized spacial score (nSPS) is 10.3. The highest BCUT2D eigenvalue weighted by atomic mass is 15.1. The molecule has 0 unspecified atom stereocenters. The van der Waals surface area contributed by atoms with Crippen LogP contribution >= 0.6 is 0 Å². The zero-order chi connectivity index (χ0) is 12.8. The molecular formula is C15H19N3. The minimum Gasteiger partial charge on any atom is -0.378 e. The lowest BCUT2D eigenvalue weighted by molar-refractivity contribution is 0.692. The van der Waals surface area contributed by atoms with Crippen molar-refractivity contribution in [2.75, 3.05) is 19.0 Å². The molecule has 0 aliphatic rings. The van der Waals surface area contributed by atoms with Crippen LogP contribution in [0.5, 0.6) is 0 Å². The maximum absolute atomic E-state index is 4.01. The van der Waals surface area contributed by atoms with E-state index in [0.29, 0.717) is 0 Å². The third-order valence-corrected chi connectivity index (χ3v) is 2.86. The highest BCUT2D eigenvalue weighted by Gasteiger charge is 1.96. The van der Waals surface area contributed by atoms with Gasteiger partial charge in [-0.3, -0.25) is 4.98 Å². The minimum absolute atomic E-state index is 0.873. The maximum atomic E-state index is 4.01. The number of benzene rings is 1. The lowest BCUT2D eigenvalue weighted by Gasteiger charge is -2.12. The number of rotatable bonds is 5. The Morgan fingerprint density at radius 3 is 2.00 bits per heavy atom. The van der Waals surface area contributed by atoms with Crippen LogP contribution in [0.15, 0.2) is 48.8 Å². The molecular weight excluding hydrogens is 222 g/mol. The highest BCUT2D eigenvalue weighted by Crippen LogP contribution is 2.12. The summed E-state index contributed by atoms with van der Waals surface area (Å²) >= 11 is 0. The van der Waals surface area contributed by atoms with Crippen LogP contribution in [0.3, 0.4) is 0 Å². The number of hydrogen-bond acceptors (Lipinski definition) is 3. The van der Waals surface area contributed by atoms with Crippen molar-refractivity contribution in [2.45, 2.75) is 13.1 Å². The highest BCUT2D eigenvalue weighted by molar-refractivity contribution is 5.45. The largest absolute Gasteiger partial charge is 0.378 e. The fourth-order valence-corrected chi connectivity index (χ4v) is 1.76. The van der Waals surface area contributed by atoms with Crippen molar-refractivity contribution in [3.63, 3.8) is 0 Å². The first-order valence-electron chi connectivity index (χ1n) is 6.11. The molecule has 0 atom stereocenters. The van der Waals surface area contributed by atoms with Crippen molar-refractivity contribution < 1.29 is 0 Å². The Labute approximate surface area is 108 Å². The summed E-state index contributed by atoms with van der Waals surface area (Å²) in [4.78, 5) is 6.11. The van der Waals surface area contributed by atoms with E-state index in [2.05, 4.69) is 53.6 Å². The molecule has 0 saturated carbocycles. The van der Waals surface area contributed by atoms with Crippen molar-refractivity contribution in [1.82, 2.24) is 10.3 Å². The van der Waals surface area contributed by atoms with E-state index in [1.165, 1.54) is 16.8 Å². The first-order valence-corrected chi connectivity index (χ1v) is 6.11. The van der Waals surface area contributed by atoms with Gasteiger partial charge < -0.3 is 10.2 Å². The topological polar surface area (TPSA) is 28.2 Å². The first-order chi connectivity index (χ1) is 8.75. The van der Waals surface area contributed by atoms with Crippen LogP contribution in [0.1, 0.15) is 11.1 Å². The molecule has 3 nitrogen and oxygen atoms in total. The molecule has 3 heteroatoms. The third kappa shape index (κ3) is 3.57. The predicted octanol–water partition coefficient (Wildman–Crippen LogP) is 2.44. The van der Waals surface area contributed by atoms with Gasteiger partial charge in [0.25, 0.3) is 0 Å². The predicted molar refractivity (Wildman–Crippen MR) is 75.5 cm³/mol. The van der Waals surface area contributed by atoms with Crippen molar-refractivity contribution in [2.24, 2.45) is 0 Å². The van der Waals surface area contributed by atoms with Gasteiger partial charge in [-0.1, -0.05) is 12.1 Å². The average molecular weight is 241 g/mol. The van der Waals surface area contributed by atoms with Gasteiger partial charge in [0.1, 0.15) is 0 Å². The van der Waals surface area contributed by atoms with Gasteiger partial charge in [0.15, 0.2) is 0 Å². The van der Waals surface area contributed by atoms with E-state index >= 15 is 0 Å². The smallest absolute Gasteiger partial charge is 0.0361 e. The number of pyridine rings is 1. The van der Waals surface area contributed by atoms with Crippen LogP contribution in [0, 0.1) is 0 Å². The third-order valence-electron chi connectivity index (χ3n) is 2.86. The Bertz CT molecular complexity index is 463. The van der Waals surface area contributed by atoms with Gasteiger partial charge in [-0.05, 0) is 35.4 Å². The number of aromatic nitrogens is 1. The molecule has 0 amide bonds. The molecule has 18 heavy (non-hydrogen) atoms. The molecule has 2 rings (SSSR count). The van der Waals surface area contributed by atoms with Crippen LogP contribution in [0.2, 0.25) is 0 Å². The van der Waals surface area contributed by atoms with Gasteiger partial charge in [-0.25, -0.2) is 0 Å². The van der Waals surface area contributed by atoms with E-state index in [1.807, 2.05) is 24.5 Å². The summed E-state index contributed by atoms with van der Waals surface area (Å²) in [5.74, 6) is 0. The van der Waals surface area contributed by atoms with Gasteiger partial charge >= 0.3 is 0 Å². The lowest BCUT2D eigenvalue weighted by atomic mass is 10.2. The van der Waals surface area contributed by atoms with Crippen molar-refractivity contribution in [3.05, 3.63) is 59.9 Å². The molecule has 0 radical (unpaired) electrons. The molecule has 0 aliphatic heterocycles. The Morgan fingerprint density at radius 1 is 0.889 bits per heavy atom. The summed E-state index contributed by atoms with van der Waals surface area (Å²) in [5.41, 5.74) is 3.79. The fourth-order valence-electron chi connectivity index (χ4n) is 1.76. The zero-order valence-corrected chi connectivity index (χ0v) is 10.9. The second-order valence-corrected chi connectivity index (χ2v) is 4.52. The summed E-state index contributed by atoms with van der Waals surface area (Å²) in [6, 6.07) is 12.7. The summed E-state index contributed by atoms with van der Waals surface area (Å²) in [7, 11) is 4.10. The quantitative estimate of drug-likeness (QED) is 0.871. The maximum Gasteiger partial charge on any atom is 0.0361 e. The molecule has 0 fully saturated rings. The van der Waals surface area contributed by atoms with Gasteiger partial charge in [-0.15, -0.1) is 0 Å². The van der Waals surface area contributed by atoms with Gasteiger partial charge in [0, 0.05) is 45.3 Å². The Balaban J connectivity index is 1.83. The molecule has 0 spiro atoms. The molecule has 1 N–H and O–H groups in total. The second kappa shape index (κ2) is 6.17. The van der Waals surface area contributed by atoms with Gasteiger partial charge in [0.2, 0.25) is 0 Å². The molecule has 1 heterocycles. The van der Waals surface area contributed by atoms with E-state index in [1.54, 1.807) is 0 Å². The summed E-state index contributed by atoms with van der Waals surface area (Å²) < 4.78 is 0. The Kier molecular flexibility index (Phi) is 4.31. The van der Waals surface area contributed by atoms with Crippen molar-refractivity contribution in [1.29, 1.82) is 0 Å². The minimum atomic E-state index is 0.873. The van der Waals surface area contributed by atoms with E-state index in [4.69, 9.17) is 0 Å². The molecule has 0 aliphatic carbocycles. The number of nitrogens with one attached hydrogen (secondary N) is 1. The monoisotopic (exact) mass is 241 g/mol. The number of anilines is 1. The summed E-state index contributed by atoms with van der Waals surface area (Å²) in [5, 5.41) is 3.43. The molecule has 2 aromatic rings. The molecule has 0 saturated heterocycles. The van der Waals surface area contributed by atoms with Crippen LogP contribution in [-0.2, 0) is 13.1 Å². The molecule has 1 aromatic heterocycles. The molecule has 94 valence electrons. The fraction of sp³-hybridized carbons (Fsp3) is 0.267. The van der Waals surface area contributed by atoms with Crippen LogP contribution < -0.4 is 10.2 Å². The van der Waals surface area contributed by atoms with Gasteiger partial charge in [0.05, 0.1) is 0 Å². The second-order valence-electron chi connectivity index (χ2n) is 4.52. The number of hydrogen-bond donors (Lipinski definition) is 1. The van der Waals surface area contributed by atoms with Crippen LogP contribution in [0.25, 0.3) is 0 Å². The Morgan fingerprint density at radius 2 is 1.44 bits per heavy atom. The van der Waals surface area contributed by atoms with E-state index in [0.717, 1.165) is 13.1 Å². The molecule has 1 aromatic carbocycles. The average Bonchev–Trinajstić information content (AvgIpc) is 2.40. The lowest BCUT2D eigenvalue weighted by Crippen LogP contribution is -2.13. The van der Waals surface area contributed by atoms with E-state index < -0.39 is 0 Å². The van der Waals surface area contributed by atoms with Crippen molar-refractivity contribution in [3.8, 4) is 0 Å². The zero-order valence-electron chi connectivity index (χ0n) is 10.9. The van der Waals surface area contributed by atoms with E-state index in [9.17, 15) is 0 Å². The standard InChI is InChI=1S/C15H19N3/c1-18(2)15-5-3-13(4-6-15)11-17-12-14-7-9-16-10-8-14/h3-10,17H,11-12H2,1-2H3. The number of nitrogens with zero attached hydrogens (tertiary/aromatic N) is 2. The Hall–Kier alpha value is -1.87. The van der Waals surface area contributed by atoms with Crippen molar-refractivity contribution >= 4 is 5.69 Å². The van der Waals surface area contributed by atoms with E-state index in [-0.39, 0.29) is 0 Å². The van der Waals surface area contributed by atoms with Crippen LogP contribution in [-0.4, -0.2) is 19.1 Å². The SMILES string of the molecule is CN(C)c1ccc(CNCc2ccncc2)cc1. The molecule has 0 bridgehead atoms. The summed E-state index contributed by atoms with van der Waals surface area (Å²) in [6.07, 6.45) is 3.64. The first kappa shape index (κ1) is 12.6.